The minimum Gasteiger partial charge on any atom is -0.389 e. The number of likely N-dealkylation sites (tertiary alicyclic amines) is 1. The number of β-amino-alcohol motifs (C(OH)–C–C–N with tert-alkyl or cyclic N) is 1. The van der Waals surface area contributed by atoms with Crippen LogP contribution in [0.5, 0.6) is 0 Å². The molecule has 0 aromatic heterocycles. The third kappa shape index (κ3) is 4.35. The van der Waals surface area contributed by atoms with E-state index in [4.69, 9.17) is 0 Å². The third-order valence-corrected chi connectivity index (χ3v) is 5.12. The molecule has 1 fully saturated rings. The number of carbonyl (C=O) groups excluding carboxylic acids is 1. The highest BCUT2D eigenvalue weighted by Crippen LogP contribution is 2.32. The second-order valence-corrected chi connectivity index (χ2v) is 7.35. The average Bonchev–Trinajstić information content (AvgIpc) is 2.70. The van der Waals surface area contributed by atoms with Gasteiger partial charge in [-0.15, -0.1) is 0 Å². The van der Waals surface area contributed by atoms with Gasteiger partial charge in [0.2, 0.25) is 5.91 Å². The fourth-order valence-corrected chi connectivity index (χ4v) is 3.46. The van der Waals surface area contributed by atoms with Crippen molar-refractivity contribution in [2.75, 3.05) is 18.4 Å². The number of hydrogen-bond acceptors (Lipinski definition) is 4. The summed E-state index contributed by atoms with van der Waals surface area (Å²) in [5, 5.41) is 15.7. The second kappa shape index (κ2) is 7.89. The van der Waals surface area contributed by atoms with Crippen molar-refractivity contribution in [2.45, 2.75) is 24.7 Å². The molecule has 156 valence electrons. The van der Waals surface area contributed by atoms with Crippen molar-refractivity contribution in [1.82, 2.24) is 10.2 Å². The molecule has 0 aliphatic carbocycles. The normalized spacial score (nSPS) is 16.8. The zero-order chi connectivity index (χ0) is 21.3. The van der Waals surface area contributed by atoms with Gasteiger partial charge in [-0.05, 0) is 29.8 Å². The minimum atomic E-state index is -4.48. The van der Waals surface area contributed by atoms with E-state index in [1.165, 1.54) is 11.0 Å². The van der Waals surface area contributed by atoms with E-state index in [9.17, 15) is 23.1 Å². The largest absolute Gasteiger partial charge is 0.416 e. The van der Waals surface area contributed by atoms with Crippen LogP contribution in [0.2, 0.25) is 0 Å². The second-order valence-electron chi connectivity index (χ2n) is 7.35. The van der Waals surface area contributed by atoms with E-state index in [2.05, 4.69) is 16.4 Å². The first kappa shape index (κ1) is 20.1. The van der Waals surface area contributed by atoms with Crippen molar-refractivity contribution in [3.63, 3.8) is 0 Å². The highest BCUT2D eigenvalue weighted by molar-refractivity contribution is 5.78. The van der Waals surface area contributed by atoms with Crippen LogP contribution in [0.15, 0.2) is 60.1 Å². The van der Waals surface area contributed by atoms with Gasteiger partial charge in [0.1, 0.15) is 5.82 Å². The highest BCUT2D eigenvalue weighted by Gasteiger charge is 2.33. The number of hydrogen-bond donors (Lipinski definition) is 3. The molecule has 1 amide bonds. The Balaban J connectivity index is 1.60. The molecule has 8 heteroatoms. The first-order chi connectivity index (χ1) is 14.3. The summed E-state index contributed by atoms with van der Waals surface area (Å²) in [5.41, 5.74) is 4.38. The Bertz CT molecular complexity index is 1020. The van der Waals surface area contributed by atoms with Crippen LogP contribution in [-0.2, 0) is 11.0 Å². The summed E-state index contributed by atoms with van der Waals surface area (Å²) < 4.78 is 39.6. The lowest BCUT2D eigenvalue weighted by Crippen LogP contribution is -2.54. The molecule has 2 aromatic carbocycles. The van der Waals surface area contributed by atoms with Gasteiger partial charge in [-0.2, -0.15) is 13.2 Å². The van der Waals surface area contributed by atoms with Crippen LogP contribution in [0.4, 0.5) is 18.9 Å². The monoisotopic (exact) mass is 415 g/mol. The van der Waals surface area contributed by atoms with Crippen molar-refractivity contribution in [2.24, 2.45) is 0 Å². The molecule has 2 aliphatic heterocycles. The molecule has 2 heterocycles. The molecule has 1 atom stereocenters. The van der Waals surface area contributed by atoms with E-state index in [-0.39, 0.29) is 25.4 Å². The Morgan fingerprint density at radius 3 is 2.73 bits per heavy atom. The third-order valence-electron chi connectivity index (χ3n) is 5.12. The van der Waals surface area contributed by atoms with E-state index in [1.54, 1.807) is 12.1 Å². The van der Waals surface area contributed by atoms with Gasteiger partial charge in [0.05, 0.1) is 24.1 Å². The number of fused-ring (bicyclic) bond motifs is 1. The first-order valence-electron chi connectivity index (χ1n) is 9.52. The van der Waals surface area contributed by atoms with Crippen LogP contribution >= 0.6 is 0 Å². The van der Waals surface area contributed by atoms with Gasteiger partial charge >= 0.3 is 6.18 Å². The van der Waals surface area contributed by atoms with Crippen molar-refractivity contribution >= 4 is 17.7 Å². The van der Waals surface area contributed by atoms with E-state index < -0.39 is 23.9 Å². The SMILES string of the molecule is O=C(CC(NC1=C=Cc2ccccc2N1)c1cccc(C(F)(F)F)c1)N1CC(O)C1. The maximum Gasteiger partial charge on any atom is 0.416 e. The number of halogens is 3. The van der Waals surface area contributed by atoms with Crippen LogP contribution in [-0.4, -0.2) is 35.1 Å². The molecule has 0 radical (unpaired) electrons. The van der Waals surface area contributed by atoms with E-state index in [0.29, 0.717) is 11.4 Å². The number of aliphatic hydroxyl groups excluding tert-OH is 1. The number of benzene rings is 2. The minimum absolute atomic E-state index is 0.0530. The Kier molecular flexibility index (Phi) is 5.28. The van der Waals surface area contributed by atoms with Gasteiger partial charge in [0, 0.05) is 24.3 Å². The first-order valence-corrected chi connectivity index (χ1v) is 9.52. The number of aliphatic hydroxyl groups is 1. The summed E-state index contributed by atoms with van der Waals surface area (Å²) in [6.07, 6.45) is -3.31. The number of alkyl halides is 3. The van der Waals surface area contributed by atoms with E-state index in [0.717, 1.165) is 23.4 Å². The summed E-state index contributed by atoms with van der Waals surface area (Å²) in [4.78, 5) is 14.1. The maximum atomic E-state index is 13.2. The van der Waals surface area contributed by atoms with Crippen LogP contribution in [0.25, 0.3) is 6.08 Å². The smallest absolute Gasteiger partial charge is 0.389 e. The van der Waals surface area contributed by atoms with Crippen LogP contribution < -0.4 is 10.6 Å². The van der Waals surface area contributed by atoms with Gasteiger partial charge < -0.3 is 20.6 Å². The molecule has 5 nitrogen and oxygen atoms in total. The molecule has 0 saturated carbocycles. The topological polar surface area (TPSA) is 64.6 Å². The number of carbonyl (C=O) groups is 1. The molecule has 1 saturated heterocycles. The van der Waals surface area contributed by atoms with Crippen molar-refractivity contribution in [1.29, 1.82) is 0 Å². The summed E-state index contributed by atoms with van der Waals surface area (Å²) in [7, 11) is 0. The Hall–Kier alpha value is -3.22. The lowest BCUT2D eigenvalue weighted by molar-refractivity contribution is -0.141. The Morgan fingerprint density at radius 1 is 1.23 bits per heavy atom. The number of amides is 1. The van der Waals surface area contributed by atoms with Gasteiger partial charge in [-0.25, -0.2) is 0 Å². The molecule has 30 heavy (non-hydrogen) atoms. The zero-order valence-electron chi connectivity index (χ0n) is 15.9. The molecular weight excluding hydrogens is 395 g/mol. The van der Waals surface area contributed by atoms with Gasteiger partial charge in [0.15, 0.2) is 0 Å². The standard InChI is InChI=1S/C22H20F3N3O2/c23-22(24,25)16-6-3-5-15(10-16)19(11-21(30)28-12-17(29)13-28)27-20-9-8-14-4-1-2-7-18(14)26-20/h1-8,10,17,19,26-27,29H,11-13H2. The predicted molar refractivity (Wildman–Crippen MR) is 106 cm³/mol. The molecule has 1 unspecified atom stereocenters. The summed E-state index contributed by atoms with van der Waals surface area (Å²) >= 11 is 0. The lowest BCUT2D eigenvalue weighted by atomic mass is 9.99. The predicted octanol–water partition coefficient (Wildman–Crippen LogP) is 3.51. The van der Waals surface area contributed by atoms with Crippen molar-refractivity contribution in [3.05, 3.63) is 76.8 Å². The lowest BCUT2D eigenvalue weighted by Gasteiger charge is -2.37. The molecule has 2 aliphatic rings. The van der Waals surface area contributed by atoms with Gasteiger partial charge in [-0.1, -0.05) is 36.1 Å². The van der Waals surface area contributed by atoms with Crippen molar-refractivity contribution < 1.29 is 23.1 Å². The van der Waals surface area contributed by atoms with Crippen LogP contribution in [0.1, 0.15) is 29.2 Å². The molecular formula is C22H20F3N3O2. The fraction of sp³-hybridized carbons (Fsp3) is 0.273. The number of rotatable bonds is 5. The van der Waals surface area contributed by atoms with Crippen molar-refractivity contribution in [3.8, 4) is 0 Å². The summed E-state index contributed by atoms with van der Waals surface area (Å²) in [6, 6.07) is 11.8. The zero-order valence-corrected chi connectivity index (χ0v) is 15.9. The van der Waals surface area contributed by atoms with Gasteiger partial charge in [0.25, 0.3) is 0 Å². The molecule has 4 rings (SSSR count). The van der Waals surface area contributed by atoms with Crippen LogP contribution in [0.3, 0.4) is 0 Å². The number of nitrogens with one attached hydrogen (secondary N) is 2. The Labute approximate surface area is 171 Å². The average molecular weight is 415 g/mol. The fourth-order valence-electron chi connectivity index (χ4n) is 3.46. The summed E-state index contributed by atoms with van der Waals surface area (Å²) in [5.74, 6) is 0.226. The van der Waals surface area contributed by atoms with Crippen LogP contribution in [0, 0.1) is 0 Å². The quantitative estimate of drug-likeness (QED) is 0.654. The highest BCUT2D eigenvalue weighted by atomic mass is 19.4. The molecule has 0 bridgehead atoms. The molecule has 3 N–H and O–H groups in total. The van der Waals surface area contributed by atoms with E-state index in [1.807, 2.05) is 24.3 Å². The molecule has 2 aromatic rings. The Morgan fingerprint density at radius 2 is 2.00 bits per heavy atom. The number of anilines is 1. The maximum absolute atomic E-state index is 13.2. The van der Waals surface area contributed by atoms with E-state index >= 15 is 0 Å². The molecule has 0 spiro atoms. The summed E-state index contributed by atoms with van der Waals surface area (Å²) in [6.45, 7) is 0.477. The number of para-hydroxylation sites is 1. The van der Waals surface area contributed by atoms with Gasteiger partial charge in [-0.3, -0.25) is 4.79 Å². The number of nitrogens with zero attached hydrogens (tertiary/aromatic N) is 1.